The second-order valence-corrected chi connectivity index (χ2v) is 3.88. The second-order valence-electron chi connectivity index (χ2n) is 3.88. The summed E-state index contributed by atoms with van der Waals surface area (Å²) in [6.45, 7) is 4.38. The van der Waals surface area contributed by atoms with E-state index in [1.165, 1.54) is 0 Å². The first-order valence-corrected chi connectivity index (χ1v) is 5.65. The van der Waals surface area contributed by atoms with Crippen molar-refractivity contribution in [3.05, 3.63) is 29.3 Å². The number of hydrogen-bond acceptors (Lipinski definition) is 4. The predicted octanol–water partition coefficient (Wildman–Crippen LogP) is 0.957. The molecule has 0 aliphatic heterocycles. The first-order valence-electron chi connectivity index (χ1n) is 5.65. The third-order valence-corrected chi connectivity index (χ3v) is 2.51. The molecule has 4 heteroatoms. The topological polar surface area (TPSA) is 69.6 Å². The van der Waals surface area contributed by atoms with Gasteiger partial charge in [0, 0.05) is 5.97 Å². The van der Waals surface area contributed by atoms with Crippen LogP contribution in [0, 0.1) is 6.92 Å². The predicted molar refractivity (Wildman–Crippen MR) is 61.5 cm³/mol. The molecule has 1 rings (SSSR count). The Balaban J connectivity index is 2.71. The van der Waals surface area contributed by atoms with E-state index in [-0.39, 0.29) is 12.8 Å². The number of aliphatic hydroxyl groups is 1. The first kappa shape index (κ1) is 13.5. The maximum Gasteiger partial charge on any atom is 0.122 e. The monoisotopic (exact) mass is 237 g/mol. The summed E-state index contributed by atoms with van der Waals surface area (Å²) in [6, 6.07) is 5.35. The highest BCUT2D eigenvalue weighted by atomic mass is 16.5. The average Bonchev–Trinajstić information content (AvgIpc) is 2.28. The summed E-state index contributed by atoms with van der Waals surface area (Å²) in [4.78, 5) is 10.3. The molecule has 1 aromatic rings. The summed E-state index contributed by atoms with van der Waals surface area (Å²) >= 11 is 0. The number of hydrogen-bond donors (Lipinski definition) is 1. The molecule has 0 heterocycles. The average molecular weight is 237 g/mol. The van der Waals surface area contributed by atoms with Crippen molar-refractivity contribution < 1.29 is 19.7 Å². The van der Waals surface area contributed by atoms with E-state index in [0.717, 1.165) is 11.3 Å². The number of aliphatic carboxylic acids is 1. The maximum atomic E-state index is 10.3. The van der Waals surface area contributed by atoms with E-state index >= 15 is 0 Å². The second kappa shape index (κ2) is 6.25. The standard InChI is InChI=1S/C13H18O4/c1-3-17-12-6-4-10(8-9(12)2)11(14)5-7-13(15)16/h4,6,8,11,14H,3,5,7H2,1-2H3,(H,15,16)/p-1/t11-/m1/s1. The van der Waals surface area contributed by atoms with Crippen molar-refractivity contribution >= 4 is 5.97 Å². The number of rotatable bonds is 6. The summed E-state index contributed by atoms with van der Waals surface area (Å²) in [5, 5.41) is 20.1. The summed E-state index contributed by atoms with van der Waals surface area (Å²) in [6.07, 6.45) is -0.759. The minimum atomic E-state index is -1.15. The minimum absolute atomic E-state index is 0.145. The van der Waals surface area contributed by atoms with Crippen molar-refractivity contribution in [2.45, 2.75) is 32.8 Å². The van der Waals surface area contributed by atoms with Gasteiger partial charge in [-0.25, -0.2) is 0 Å². The Bertz CT molecular complexity index is 387. The van der Waals surface area contributed by atoms with Gasteiger partial charge in [-0.1, -0.05) is 6.07 Å². The van der Waals surface area contributed by atoms with Crippen LogP contribution in [0.15, 0.2) is 18.2 Å². The summed E-state index contributed by atoms with van der Waals surface area (Å²) < 4.78 is 5.38. The van der Waals surface area contributed by atoms with Gasteiger partial charge in [0.05, 0.1) is 12.7 Å². The Labute approximate surface area is 101 Å². The number of carbonyl (C=O) groups excluding carboxylic acids is 1. The van der Waals surface area contributed by atoms with Crippen LogP contribution >= 0.6 is 0 Å². The van der Waals surface area contributed by atoms with E-state index < -0.39 is 12.1 Å². The Hall–Kier alpha value is -1.55. The molecule has 0 aliphatic carbocycles. The van der Waals surface area contributed by atoms with Gasteiger partial charge in [-0.3, -0.25) is 0 Å². The maximum absolute atomic E-state index is 10.3. The molecule has 0 radical (unpaired) electrons. The summed E-state index contributed by atoms with van der Waals surface area (Å²) in [7, 11) is 0. The van der Waals surface area contributed by atoms with Gasteiger partial charge >= 0.3 is 0 Å². The van der Waals surface area contributed by atoms with Gasteiger partial charge in [0.15, 0.2) is 0 Å². The smallest absolute Gasteiger partial charge is 0.122 e. The summed E-state index contributed by atoms with van der Waals surface area (Å²) in [5.74, 6) is -0.366. The molecule has 0 unspecified atom stereocenters. The lowest BCUT2D eigenvalue weighted by Gasteiger charge is -2.14. The van der Waals surface area contributed by atoms with Crippen LogP contribution in [0.2, 0.25) is 0 Å². The Morgan fingerprint density at radius 1 is 1.53 bits per heavy atom. The van der Waals surface area contributed by atoms with Gasteiger partial charge < -0.3 is 19.7 Å². The van der Waals surface area contributed by atoms with Crippen LogP contribution in [0.4, 0.5) is 0 Å². The van der Waals surface area contributed by atoms with E-state index in [9.17, 15) is 15.0 Å². The lowest BCUT2D eigenvalue weighted by Crippen LogP contribution is -2.22. The molecule has 1 N–H and O–H groups in total. The first-order chi connectivity index (χ1) is 8.04. The molecule has 0 aromatic heterocycles. The zero-order valence-electron chi connectivity index (χ0n) is 10.1. The quantitative estimate of drug-likeness (QED) is 0.800. The van der Waals surface area contributed by atoms with Crippen molar-refractivity contribution in [3.8, 4) is 5.75 Å². The number of benzene rings is 1. The van der Waals surface area contributed by atoms with Crippen LogP contribution in [0.1, 0.15) is 37.0 Å². The van der Waals surface area contributed by atoms with Crippen molar-refractivity contribution in [1.29, 1.82) is 0 Å². The molecular formula is C13H17O4-. The molecule has 0 saturated heterocycles. The van der Waals surface area contributed by atoms with Gasteiger partial charge in [0.25, 0.3) is 0 Å². The van der Waals surface area contributed by atoms with Gasteiger partial charge in [-0.2, -0.15) is 0 Å². The van der Waals surface area contributed by atoms with Crippen LogP contribution in [-0.4, -0.2) is 17.7 Å². The Morgan fingerprint density at radius 2 is 2.24 bits per heavy atom. The van der Waals surface area contributed by atoms with Crippen molar-refractivity contribution in [3.63, 3.8) is 0 Å². The molecule has 0 bridgehead atoms. The molecule has 0 spiro atoms. The third kappa shape index (κ3) is 4.07. The number of ether oxygens (including phenoxy) is 1. The van der Waals surface area contributed by atoms with Crippen molar-refractivity contribution in [1.82, 2.24) is 0 Å². The minimum Gasteiger partial charge on any atom is -0.550 e. The molecule has 1 aromatic carbocycles. The molecule has 94 valence electrons. The zero-order valence-corrected chi connectivity index (χ0v) is 10.1. The molecule has 0 saturated carbocycles. The third-order valence-electron chi connectivity index (χ3n) is 2.51. The molecule has 4 nitrogen and oxygen atoms in total. The van der Waals surface area contributed by atoms with Crippen LogP contribution in [0.5, 0.6) is 5.75 Å². The molecular weight excluding hydrogens is 220 g/mol. The van der Waals surface area contributed by atoms with Gasteiger partial charge in [-0.05, 0) is 49.9 Å². The van der Waals surface area contributed by atoms with Crippen LogP contribution in [0.3, 0.4) is 0 Å². The lowest BCUT2D eigenvalue weighted by atomic mass is 10.0. The highest BCUT2D eigenvalue weighted by Gasteiger charge is 2.09. The van der Waals surface area contributed by atoms with Gasteiger partial charge in [0.2, 0.25) is 0 Å². The van der Waals surface area contributed by atoms with E-state index in [1.807, 2.05) is 19.9 Å². The van der Waals surface area contributed by atoms with Gasteiger partial charge in [-0.15, -0.1) is 0 Å². The fourth-order valence-corrected chi connectivity index (χ4v) is 1.62. The van der Waals surface area contributed by atoms with E-state index in [2.05, 4.69) is 0 Å². The van der Waals surface area contributed by atoms with Crippen LogP contribution in [0.25, 0.3) is 0 Å². The van der Waals surface area contributed by atoms with E-state index in [4.69, 9.17) is 4.74 Å². The fraction of sp³-hybridized carbons (Fsp3) is 0.462. The summed E-state index contributed by atoms with van der Waals surface area (Å²) in [5.41, 5.74) is 1.63. The molecule has 0 aliphatic rings. The molecule has 1 atom stereocenters. The molecule has 0 amide bonds. The van der Waals surface area contributed by atoms with Crippen molar-refractivity contribution in [2.75, 3.05) is 6.61 Å². The number of carboxylic acids is 1. The highest BCUT2D eigenvalue weighted by molar-refractivity contribution is 5.64. The van der Waals surface area contributed by atoms with Crippen LogP contribution < -0.4 is 9.84 Å². The SMILES string of the molecule is CCOc1ccc([C@H](O)CCC(=O)[O-])cc1C. The number of aliphatic hydroxyl groups excluding tert-OH is 1. The van der Waals surface area contributed by atoms with Gasteiger partial charge in [0.1, 0.15) is 5.75 Å². The molecule has 0 fully saturated rings. The zero-order chi connectivity index (χ0) is 12.8. The van der Waals surface area contributed by atoms with E-state index in [0.29, 0.717) is 12.2 Å². The Morgan fingerprint density at radius 3 is 2.76 bits per heavy atom. The van der Waals surface area contributed by atoms with Crippen molar-refractivity contribution in [2.24, 2.45) is 0 Å². The lowest BCUT2D eigenvalue weighted by molar-refractivity contribution is -0.306. The Kier molecular flexibility index (Phi) is 4.97. The van der Waals surface area contributed by atoms with Crippen LogP contribution in [-0.2, 0) is 4.79 Å². The fourth-order valence-electron chi connectivity index (χ4n) is 1.62. The number of aryl methyl sites for hydroxylation is 1. The number of carboxylic acid groups (broad SMARTS) is 1. The normalized spacial score (nSPS) is 12.2. The largest absolute Gasteiger partial charge is 0.550 e. The van der Waals surface area contributed by atoms with E-state index in [1.54, 1.807) is 12.1 Å². The highest BCUT2D eigenvalue weighted by Crippen LogP contribution is 2.24. The molecule has 17 heavy (non-hydrogen) atoms. The number of carbonyl (C=O) groups is 1.